The monoisotopic (exact) mass is 131 g/mol. The molecule has 1 aliphatic rings. The van der Waals surface area contributed by atoms with Crippen molar-refractivity contribution in [2.75, 3.05) is 12.0 Å². The van der Waals surface area contributed by atoms with Crippen LogP contribution in [0.4, 0.5) is 0 Å². The summed E-state index contributed by atoms with van der Waals surface area (Å²) in [6.45, 7) is 0. The van der Waals surface area contributed by atoms with Gasteiger partial charge in [0.2, 0.25) is 0 Å². The maximum absolute atomic E-state index is 5.60. The maximum atomic E-state index is 5.60. The van der Waals surface area contributed by atoms with Gasteiger partial charge < -0.3 is 5.73 Å². The SMILES string of the molecule is CSCCC1CC1N. The number of rotatable bonds is 3. The molecule has 0 aromatic carbocycles. The quantitative estimate of drug-likeness (QED) is 0.620. The molecular weight excluding hydrogens is 118 g/mol. The van der Waals surface area contributed by atoms with Crippen molar-refractivity contribution in [3.8, 4) is 0 Å². The molecule has 0 amide bonds. The lowest BCUT2D eigenvalue weighted by Gasteiger charge is -1.91. The average Bonchev–Trinajstić information content (AvgIpc) is 2.42. The van der Waals surface area contributed by atoms with Gasteiger partial charge in [0, 0.05) is 6.04 Å². The van der Waals surface area contributed by atoms with Crippen molar-refractivity contribution in [1.29, 1.82) is 0 Å². The van der Waals surface area contributed by atoms with Crippen LogP contribution in [0.1, 0.15) is 12.8 Å². The van der Waals surface area contributed by atoms with Crippen LogP contribution in [0.3, 0.4) is 0 Å². The van der Waals surface area contributed by atoms with Gasteiger partial charge in [-0.05, 0) is 30.8 Å². The molecule has 0 bridgehead atoms. The molecule has 0 spiro atoms. The first-order valence-electron chi connectivity index (χ1n) is 3.09. The smallest absolute Gasteiger partial charge is 0.00712 e. The Bertz CT molecular complexity index is 74.9. The minimum Gasteiger partial charge on any atom is -0.327 e. The highest BCUT2D eigenvalue weighted by Crippen LogP contribution is 2.31. The van der Waals surface area contributed by atoms with Crippen LogP contribution < -0.4 is 5.73 Å². The first-order valence-corrected chi connectivity index (χ1v) is 4.48. The van der Waals surface area contributed by atoms with Crippen molar-refractivity contribution in [3.63, 3.8) is 0 Å². The fraction of sp³-hybridized carbons (Fsp3) is 1.00. The highest BCUT2D eigenvalue weighted by molar-refractivity contribution is 7.98. The Labute approximate surface area is 55.0 Å². The fourth-order valence-corrected chi connectivity index (χ4v) is 1.41. The van der Waals surface area contributed by atoms with Gasteiger partial charge in [-0.15, -0.1) is 0 Å². The van der Waals surface area contributed by atoms with Crippen LogP contribution in [0.15, 0.2) is 0 Å². The summed E-state index contributed by atoms with van der Waals surface area (Å²) in [7, 11) is 0. The van der Waals surface area contributed by atoms with E-state index in [-0.39, 0.29) is 0 Å². The van der Waals surface area contributed by atoms with Crippen LogP contribution in [0.2, 0.25) is 0 Å². The Morgan fingerprint density at radius 1 is 1.75 bits per heavy atom. The predicted octanol–water partition coefficient (Wildman–Crippen LogP) is 1.09. The van der Waals surface area contributed by atoms with E-state index < -0.39 is 0 Å². The molecule has 0 heterocycles. The molecule has 0 aliphatic heterocycles. The van der Waals surface area contributed by atoms with Crippen molar-refractivity contribution >= 4 is 11.8 Å². The summed E-state index contributed by atoms with van der Waals surface area (Å²) in [5.74, 6) is 2.17. The Kier molecular flexibility index (Phi) is 2.20. The minimum atomic E-state index is 0.558. The zero-order valence-electron chi connectivity index (χ0n) is 5.26. The van der Waals surface area contributed by atoms with E-state index in [0.29, 0.717) is 6.04 Å². The third kappa shape index (κ3) is 1.67. The standard InChI is InChI=1S/C6H13NS/c1-8-3-2-5-4-6(5)7/h5-6H,2-4,7H2,1H3. The van der Waals surface area contributed by atoms with E-state index in [9.17, 15) is 0 Å². The molecule has 48 valence electrons. The molecule has 2 unspecified atom stereocenters. The van der Waals surface area contributed by atoms with Crippen LogP contribution in [0.5, 0.6) is 0 Å². The lowest BCUT2D eigenvalue weighted by atomic mass is 10.3. The zero-order valence-corrected chi connectivity index (χ0v) is 6.08. The van der Waals surface area contributed by atoms with E-state index in [4.69, 9.17) is 5.73 Å². The zero-order chi connectivity index (χ0) is 5.98. The molecule has 0 radical (unpaired) electrons. The van der Waals surface area contributed by atoms with E-state index in [1.807, 2.05) is 11.8 Å². The van der Waals surface area contributed by atoms with Crippen molar-refractivity contribution in [3.05, 3.63) is 0 Å². The van der Waals surface area contributed by atoms with E-state index in [2.05, 4.69) is 6.26 Å². The molecule has 1 saturated carbocycles. The van der Waals surface area contributed by atoms with Gasteiger partial charge >= 0.3 is 0 Å². The molecule has 2 N–H and O–H groups in total. The first kappa shape index (κ1) is 6.43. The highest BCUT2D eigenvalue weighted by Gasteiger charge is 2.31. The van der Waals surface area contributed by atoms with Gasteiger partial charge in [0.05, 0.1) is 0 Å². The van der Waals surface area contributed by atoms with Gasteiger partial charge in [0.1, 0.15) is 0 Å². The molecule has 0 aromatic rings. The summed E-state index contributed by atoms with van der Waals surface area (Å²) in [4.78, 5) is 0. The number of nitrogens with two attached hydrogens (primary N) is 1. The molecule has 1 rings (SSSR count). The Morgan fingerprint density at radius 2 is 2.38 bits per heavy atom. The van der Waals surface area contributed by atoms with Crippen molar-refractivity contribution in [2.24, 2.45) is 11.7 Å². The van der Waals surface area contributed by atoms with Crippen LogP contribution in [-0.2, 0) is 0 Å². The Hall–Kier alpha value is 0.310. The van der Waals surface area contributed by atoms with E-state index in [1.54, 1.807) is 0 Å². The summed E-state index contributed by atoms with van der Waals surface area (Å²) >= 11 is 1.92. The summed E-state index contributed by atoms with van der Waals surface area (Å²) < 4.78 is 0. The summed E-state index contributed by atoms with van der Waals surface area (Å²) in [5, 5.41) is 0. The topological polar surface area (TPSA) is 26.0 Å². The Balaban J connectivity index is 1.89. The molecule has 0 aromatic heterocycles. The average molecular weight is 131 g/mol. The summed E-state index contributed by atoms with van der Waals surface area (Å²) in [6.07, 6.45) is 4.76. The van der Waals surface area contributed by atoms with E-state index in [1.165, 1.54) is 18.6 Å². The second-order valence-corrected chi connectivity index (χ2v) is 3.43. The van der Waals surface area contributed by atoms with Crippen LogP contribution in [0.25, 0.3) is 0 Å². The largest absolute Gasteiger partial charge is 0.327 e. The maximum Gasteiger partial charge on any atom is 0.00712 e. The fourth-order valence-electron chi connectivity index (χ4n) is 0.872. The van der Waals surface area contributed by atoms with E-state index in [0.717, 1.165) is 5.92 Å². The molecule has 0 saturated heterocycles. The van der Waals surface area contributed by atoms with Gasteiger partial charge in [-0.25, -0.2) is 0 Å². The van der Waals surface area contributed by atoms with Gasteiger partial charge in [0.15, 0.2) is 0 Å². The van der Waals surface area contributed by atoms with Gasteiger partial charge in [-0.2, -0.15) is 11.8 Å². The molecule has 8 heavy (non-hydrogen) atoms. The molecule has 1 nitrogen and oxygen atoms in total. The first-order chi connectivity index (χ1) is 3.84. The van der Waals surface area contributed by atoms with Gasteiger partial charge in [-0.1, -0.05) is 0 Å². The van der Waals surface area contributed by atoms with Gasteiger partial charge in [0.25, 0.3) is 0 Å². The second-order valence-electron chi connectivity index (χ2n) is 2.44. The lowest BCUT2D eigenvalue weighted by molar-refractivity contribution is 0.767. The Morgan fingerprint density at radius 3 is 2.75 bits per heavy atom. The molecular formula is C6H13NS. The van der Waals surface area contributed by atoms with Crippen molar-refractivity contribution in [1.82, 2.24) is 0 Å². The third-order valence-electron chi connectivity index (χ3n) is 1.67. The highest BCUT2D eigenvalue weighted by atomic mass is 32.2. The van der Waals surface area contributed by atoms with E-state index >= 15 is 0 Å². The number of thioether (sulfide) groups is 1. The number of hydrogen-bond acceptors (Lipinski definition) is 2. The molecule has 1 aliphatic carbocycles. The van der Waals surface area contributed by atoms with Gasteiger partial charge in [-0.3, -0.25) is 0 Å². The number of hydrogen-bond donors (Lipinski definition) is 1. The molecule has 2 atom stereocenters. The summed E-state index contributed by atoms with van der Waals surface area (Å²) in [6, 6.07) is 0.558. The molecule has 1 fully saturated rings. The van der Waals surface area contributed by atoms with Crippen molar-refractivity contribution in [2.45, 2.75) is 18.9 Å². The predicted molar refractivity (Wildman–Crippen MR) is 39.1 cm³/mol. The third-order valence-corrected chi connectivity index (χ3v) is 2.31. The summed E-state index contributed by atoms with van der Waals surface area (Å²) in [5.41, 5.74) is 5.60. The van der Waals surface area contributed by atoms with Crippen molar-refractivity contribution < 1.29 is 0 Å². The lowest BCUT2D eigenvalue weighted by Crippen LogP contribution is -2.01. The van der Waals surface area contributed by atoms with Crippen LogP contribution >= 0.6 is 11.8 Å². The second kappa shape index (κ2) is 2.74. The van der Waals surface area contributed by atoms with Crippen LogP contribution in [-0.4, -0.2) is 18.1 Å². The van der Waals surface area contributed by atoms with Crippen LogP contribution in [0, 0.1) is 5.92 Å². The minimum absolute atomic E-state index is 0.558. The normalized spacial score (nSPS) is 35.2. The molecule has 2 heteroatoms.